The van der Waals surface area contributed by atoms with Gasteiger partial charge in [0.1, 0.15) is 0 Å². The molecule has 0 heterocycles. The van der Waals surface area contributed by atoms with Crippen LogP contribution >= 0.6 is 0 Å². The van der Waals surface area contributed by atoms with E-state index < -0.39 is 14.1 Å². The molecule has 0 saturated carbocycles. The fraction of sp³-hybridized carbons (Fsp3) is 1.00. The molecule has 0 aromatic carbocycles. The van der Waals surface area contributed by atoms with Crippen molar-refractivity contribution < 1.29 is 0 Å². The van der Waals surface area contributed by atoms with Crippen molar-refractivity contribution in [2.45, 2.75) is 136 Å². The van der Waals surface area contributed by atoms with E-state index in [4.69, 9.17) is 0 Å². The molecule has 0 radical (unpaired) electrons. The van der Waals surface area contributed by atoms with Gasteiger partial charge < -0.3 is 0 Å². The van der Waals surface area contributed by atoms with E-state index in [-0.39, 0.29) is 0 Å². The van der Waals surface area contributed by atoms with Crippen LogP contribution in [0.25, 0.3) is 0 Å². The molecule has 0 saturated heterocycles. The Morgan fingerprint density at radius 3 is 0.893 bits per heavy atom. The number of hydrogen-bond donors (Lipinski definition) is 0. The molecule has 0 N–H and O–H groups in total. The molecule has 1 heteroatoms. The van der Waals surface area contributed by atoms with E-state index in [1.54, 1.807) is 15.8 Å². The van der Waals surface area contributed by atoms with Crippen LogP contribution in [0.2, 0.25) is 15.8 Å². The summed E-state index contributed by atoms with van der Waals surface area (Å²) in [6.07, 6.45) is 12.6. The lowest BCUT2D eigenvalue weighted by Crippen LogP contribution is -2.28. The van der Waals surface area contributed by atoms with Gasteiger partial charge in [-0.3, -0.25) is 0 Å². The van der Waals surface area contributed by atoms with Gasteiger partial charge in [-0.05, 0) is 17.8 Å². The molecular weight excluding hydrogens is 351 g/mol. The summed E-state index contributed by atoms with van der Waals surface area (Å²) in [5, 5.41) is 4.83. The van der Waals surface area contributed by atoms with Crippen molar-refractivity contribution in [1.82, 2.24) is 0 Å². The molecule has 6 unspecified atom stereocenters. The summed E-state index contributed by atoms with van der Waals surface area (Å²) in [7, 11) is 0. The van der Waals surface area contributed by atoms with Gasteiger partial charge in [-0.15, -0.1) is 0 Å². The highest BCUT2D eigenvalue weighted by atomic mass is 27.2. The highest BCUT2D eigenvalue weighted by Crippen LogP contribution is 2.35. The fourth-order valence-electron chi connectivity index (χ4n) is 6.23. The Labute approximate surface area is 185 Å². The van der Waals surface area contributed by atoms with Gasteiger partial charge in [-0.1, -0.05) is 154 Å². The zero-order valence-corrected chi connectivity index (χ0v) is 22.7. The normalized spacial score (nSPS) is 18.3. The first-order valence-electron chi connectivity index (χ1n) is 13.4. The second-order valence-corrected chi connectivity index (χ2v) is 13.5. The van der Waals surface area contributed by atoms with E-state index in [1.165, 1.54) is 57.8 Å². The molecule has 0 nitrogen and oxygen atoms in total. The average Bonchev–Trinajstić information content (AvgIpc) is 2.67. The minimum atomic E-state index is -0.693. The van der Waals surface area contributed by atoms with Crippen LogP contribution in [-0.2, 0) is 0 Å². The summed E-state index contributed by atoms with van der Waals surface area (Å²) in [5.41, 5.74) is 0. The van der Waals surface area contributed by atoms with Gasteiger partial charge in [0.05, 0.1) is 0 Å². The smallest absolute Gasteiger partial charge is 0.0910 e. The first-order valence-corrected chi connectivity index (χ1v) is 15.8. The summed E-state index contributed by atoms with van der Waals surface area (Å²) in [4.78, 5) is 0. The maximum absolute atomic E-state index is 2.60. The van der Waals surface area contributed by atoms with Crippen molar-refractivity contribution >= 4 is 14.1 Å². The zero-order chi connectivity index (χ0) is 21.5. The fourth-order valence-corrected chi connectivity index (χ4v) is 11.1. The third-order valence-corrected chi connectivity index (χ3v) is 12.3. The lowest BCUT2D eigenvalue weighted by molar-refractivity contribution is 0.323. The van der Waals surface area contributed by atoms with E-state index in [0.717, 1.165) is 35.5 Å². The van der Waals surface area contributed by atoms with Gasteiger partial charge in [-0.25, -0.2) is 0 Å². The largest absolute Gasteiger partial charge is 0.262 e. The van der Waals surface area contributed by atoms with Crippen molar-refractivity contribution in [2.24, 2.45) is 35.5 Å². The van der Waals surface area contributed by atoms with E-state index in [2.05, 4.69) is 62.3 Å². The summed E-state index contributed by atoms with van der Waals surface area (Å²) in [6, 6.07) is 0. The van der Waals surface area contributed by atoms with Crippen LogP contribution in [0, 0.1) is 35.5 Å². The molecule has 6 atom stereocenters. The highest BCUT2D eigenvalue weighted by Gasteiger charge is 2.30. The Bertz CT molecular complexity index is 287. The van der Waals surface area contributed by atoms with E-state index in [0.29, 0.717) is 0 Å². The molecule has 0 aromatic heterocycles. The summed E-state index contributed by atoms with van der Waals surface area (Å²) in [5.74, 6) is 5.79. The molecule has 0 fully saturated rings. The monoisotopic (exact) mass is 408 g/mol. The molecule has 0 aliphatic heterocycles. The Balaban J connectivity index is 5.17. The maximum atomic E-state index is 2.60. The predicted molar refractivity (Wildman–Crippen MR) is 134 cm³/mol. The molecule has 0 rings (SSSR count). The molecule has 0 bridgehead atoms. The van der Waals surface area contributed by atoms with Gasteiger partial charge in [0, 0.05) is 0 Å². The topological polar surface area (TPSA) is 0 Å². The molecule has 0 aromatic rings. The predicted octanol–water partition coefficient (Wildman–Crippen LogP) is 9.87. The summed E-state index contributed by atoms with van der Waals surface area (Å²) in [6.45, 7) is 22.2. The molecule has 28 heavy (non-hydrogen) atoms. The van der Waals surface area contributed by atoms with E-state index in [9.17, 15) is 0 Å². The van der Waals surface area contributed by atoms with Crippen molar-refractivity contribution in [2.75, 3.05) is 0 Å². The van der Waals surface area contributed by atoms with Gasteiger partial charge >= 0.3 is 0 Å². The molecule has 0 aliphatic carbocycles. The maximum Gasteiger partial charge on any atom is 0.262 e. The van der Waals surface area contributed by atoms with Crippen LogP contribution in [0.15, 0.2) is 0 Å². The first kappa shape index (κ1) is 28.5. The Morgan fingerprint density at radius 1 is 0.464 bits per heavy atom. The van der Waals surface area contributed by atoms with Gasteiger partial charge in [0.25, 0.3) is 14.1 Å². The van der Waals surface area contributed by atoms with Gasteiger partial charge in [0.15, 0.2) is 0 Å². The second kappa shape index (κ2) is 17.2. The quantitative estimate of drug-likeness (QED) is 0.198. The van der Waals surface area contributed by atoms with Crippen molar-refractivity contribution in [3.63, 3.8) is 0 Å². The number of rotatable bonds is 18. The van der Waals surface area contributed by atoms with Crippen LogP contribution in [0.5, 0.6) is 0 Å². The van der Waals surface area contributed by atoms with Crippen LogP contribution in [-0.4, -0.2) is 14.1 Å². The van der Waals surface area contributed by atoms with Crippen molar-refractivity contribution in [3.8, 4) is 0 Å². The minimum absolute atomic E-state index is 0.693. The van der Waals surface area contributed by atoms with Gasteiger partial charge in [-0.2, -0.15) is 0 Å². The molecule has 168 valence electrons. The molecule has 0 spiro atoms. The van der Waals surface area contributed by atoms with Crippen LogP contribution in [0.4, 0.5) is 0 Å². The van der Waals surface area contributed by atoms with Gasteiger partial charge in [0.2, 0.25) is 0 Å². The highest BCUT2D eigenvalue weighted by molar-refractivity contribution is 6.59. The second-order valence-electron chi connectivity index (χ2n) is 10.4. The SMILES string of the molecule is CCCC(CC)C(C)[CH2][Al]([CH2]C(C)C(CC)CCC)[CH2]C(C)C(CC)CCC. The summed E-state index contributed by atoms with van der Waals surface area (Å²) >= 11 is -0.693. The van der Waals surface area contributed by atoms with E-state index >= 15 is 0 Å². The molecule has 0 aliphatic rings. The van der Waals surface area contributed by atoms with Crippen LogP contribution < -0.4 is 0 Å². The number of hydrogen-bond acceptors (Lipinski definition) is 0. The minimum Gasteiger partial charge on any atom is -0.0910 e. The lowest BCUT2D eigenvalue weighted by atomic mass is 9.88. The average molecular weight is 409 g/mol. The molecular formula is C27H57Al. The zero-order valence-electron chi connectivity index (χ0n) is 21.5. The van der Waals surface area contributed by atoms with Crippen molar-refractivity contribution in [1.29, 1.82) is 0 Å². The van der Waals surface area contributed by atoms with Crippen LogP contribution in [0.3, 0.4) is 0 Å². The third-order valence-electron chi connectivity index (χ3n) is 8.08. The Hall–Kier alpha value is 0.532. The Kier molecular flexibility index (Phi) is 17.6. The van der Waals surface area contributed by atoms with Crippen molar-refractivity contribution in [3.05, 3.63) is 0 Å². The first-order chi connectivity index (χ1) is 13.4. The lowest BCUT2D eigenvalue weighted by Gasteiger charge is -2.31. The van der Waals surface area contributed by atoms with Crippen LogP contribution in [0.1, 0.15) is 120 Å². The summed E-state index contributed by atoms with van der Waals surface area (Å²) < 4.78 is 0. The third kappa shape index (κ3) is 11.1. The standard InChI is InChI=1S/3C9H19.Al/c3*1-5-7-9(6-2)8(3)4;/h3*8-9H,3,5-7H2,1-2,4H3;. The van der Waals surface area contributed by atoms with E-state index in [1.807, 2.05) is 0 Å². The molecule has 0 amide bonds. The Morgan fingerprint density at radius 2 is 0.714 bits per heavy atom.